The zero-order valence-electron chi connectivity index (χ0n) is 10.7. The van der Waals surface area contributed by atoms with Gasteiger partial charge in [-0.25, -0.2) is 9.37 Å². The fraction of sp³-hybridized carbons (Fsp3) is 0.133. The first-order chi connectivity index (χ1) is 9.61. The Morgan fingerprint density at radius 1 is 1.20 bits per heavy atom. The number of halogens is 2. The van der Waals surface area contributed by atoms with Crippen LogP contribution in [0.3, 0.4) is 0 Å². The Labute approximate surface area is 125 Å². The predicted octanol–water partition coefficient (Wildman–Crippen LogP) is 5.21. The third kappa shape index (κ3) is 2.81. The van der Waals surface area contributed by atoms with E-state index in [-0.39, 0.29) is 11.1 Å². The van der Waals surface area contributed by atoms with Crippen molar-refractivity contribution in [3.8, 4) is 0 Å². The molecule has 0 aliphatic carbocycles. The number of nitrogens with zero attached hydrogens (tertiary/aromatic N) is 1. The smallest absolute Gasteiger partial charge is 0.166 e. The van der Waals surface area contributed by atoms with Gasteiger partial charge in [-0.3, -0.25) is 0 Å². The number of imidazole rings is 1. The van der Waals surface area contributed by atoms with E-state index in [0.717, 1.165) is 21.8 Å². The molecule has 0 unspecified atom stereocenters. The average molecular weight is 307 g/mol. The van der Waals surface area contributed by atoms with Crippen LogP contribution in [0, 0.1) is 5.82 Å². The summed E-state index contributed by atoms with van der Waals surface area (Å²) < 4.78 is 12.9. The summed E-state index contributed by atoms with van der Waals surface area (Å²) in [6.45, 7) is 2.07. The summed E-state index contributed by atoms with van der Waals surface area (Å²) in [6, 6.07) is 12.1. The minimum atomic E-state index is -0.218. The zero-order valence-corrected chi connectivity index (χ0v) is 12.3. The lowest BCUT2D eigenvalue weighted by atomic mass is 10.2. The number of benzene rings is 2. The van der Waals surface area contributed by atoms with Gasteiger partial charge in [0.1, 0.15) is 5.82 Å². The van der Waals surface area contributed by atoms with Crippen LogP contribution in [0.5, 0.6) is 0 Å². The lowest BCUT2D eigenvalue weighted by Crippen LogP contribution is -1.89. The SMILES string of the molecule is C[C@H](Sc1nc2ccc(Cl)cc2[nH]1)c1ccc(F)cc1. The standard InChI is InChI=1S/C15H12ClFN2S/c1-9(10-2-5-12(17)6-3-10)20-15-18-13-7-4-11(16)8-14(13)19-15/h2-9H,1H3,(H,18,19)/t9-/m0/s1. The van der Waals surface area contributed by atoms with E-state index in [9.17, 15) is 4.39 Å². The molecule has 2 aromatic carbocycles. The fourth-order valence-electron chi connectivity index (χ4n) is 1.98. The van der Waals surface area contributed by atoms with Crippen molar-refractivity contribution in [2.24, 2.45) is 0 Å². The first kappa shape index (κ1) is 13.5. The molecule has 0 spiro atoms. The lowest BCUT2D eigenvalue weighted by molar-refractivity contribution is 0.627. The molecule has 3 aromatic rings. The molecule has 5 heteroatoms. The van der Waals surface area contributed by atoms with E-state index in [2.05, 4.69) is 16.9 Å². The molecule has 20 heavy (non-hydrogen) atoms. The zero-order chi connectivity index (χ0) is 14.1. The molecule has 0 saturated carbocycles. The Hall–Kier alpha value is -1.52. The number of hydrogen-bond acceptors (Lipinski definition) is 2. The first-order valence-electron chi connectivity index (χ1n) is 6.19. The summed E-state index contributed by atoms with van der Waals surface area (Å²) in [5.41, 5.74) is 2.88. The average Bonchev–Trinajstić information content (AvgIpc) is 2.80. The summed E-state index contributed by atoms with van der Waals surface area (Å²) in [6.07, 6.45) is 0. The van der Waals surface area contributed by atoms with Crippen LogP contribution in [0.4, 0.5) is 4.39 Å². The van der Waals surface area contributed by atoms with Crippen molar-refractivity contribution in [2.75, 3.05) is 0 Å². The van der Waals surface area contributed by atoms with Crippen LogP contribution in [0.1, 0.15) is 17.7 Å². The molecule has 102 valence electrons. The van der Waals surface area contributed by atoms with Gasteiger partial charge in [-0.1, -0.05) is 35.5 Å². The molecule has 0 amide bonds. The van der Waals surface area contributed by atoms with Crippen molar-refractivity contribution >= 4 is 34.4 Å². The van der Waals surface area contributed by atoms with Crippen molar-refractivity contribution in [1.29, 1.82) is 0 Å². The summed E-state index contributed by atoms with van der Waals surface area (Å²) in [5, 5.41) is 1.70. The van der Waals surface area contributed by atoms with Gasteiger partial charge < -0.3 is 4.98 Å². The van der Waals surface area contributed by atoms with Gasteiger partial charge in [0, 0.05) is 10.3 Å². The van der Waals surface area contributed by atoms with Crippen LogP contribution in [-0.2, 0) is 0 Å². The van der Waals surface area contributed by atoms with Gasteiger partial charge in [0.15, 0.2) is 5.16 Å². The molecule has 2 nitrogen and oxygen atoms in total. The van der Waals surface area contributed by atoms with Gasteiger partial charge in [0.25, 0.3) is 0 Å². The maximum atomic E-state index is 12.9. The number of fused-ring (bicyclic) bond motifs is 1. The van der Waals surface area contributed by atoms with E-state index in [0.29, 0.717) is 5.02 Å². The monoisotopic (exact) mass is 306 g/mol. The van der Waals surface area contributed by atoms with Crippen LogP contribution in [0.15, 0.2) is 47.6 Å². The molecule has 0 radical (unpaired) electrons. The van der Waals surface area contributed by atoms with Crippen molar-refractivity contribution in [3.63, 3.8) is 0 Å². The van der Waals surface area contributed by atoms with Gasteiger partial charge >= 0.3 is 0 Å². The van der Waals surface area contributed by atoms with E-state index in [4.69, 9.17) is 11.6 Å². The van der Waals surface area contributed by atoms with E-state index in [1.807, 2.05) is 18.2 Å². The highest BCUT2D eigenvalue weighted by atomic mass is 35.5. The maximum Gasteiger partial charge on any atom is 0.166 e. The number of rotatable bonds is 3. The third-order valence-corrected chi connectivity index (χ3v) is 4.33. The molecular formula is C15H12ClFN2S. The number of aromatic amines is 1. The predicted molar refractivity (Wildman–Crippen MR) is 81.8 cm³/mol. The van der Waals surface area contributed by atoms with Crippen molar-refractivity contribution in [3.05, 3.63) is 58.9 Å². The molecule has 1 N–H and O–H groups in total. The summed E-state index contributed by atoms with van der Waals surface area (Å²) in [5.74, 6) is -0.218. The highest BCUT2D eigenvalue weighted by Gasteiger charge is 2.11. The van der Waals surface area contributed by atoms with E-state index in [1.165, 1.54) is 12.1 Å². The molecule has 0 saturated heterocycles. The Kier molecular flexibility index (Phi) is 3.68. The topological polar surface area (TPSA) is 28.7 Å². The summed E-state index contributed by atoms with van der Waals surface area (Å²) in [7, 11) is 0. The number of aromatic nitrogens is 2. The molecule has 1 heterocycles. The van der Waals surface area contributed by atoms with Crippen molar-refractivity contribution in [2.45, 2.75) is 17.3 Å². The Morgan fingerprint density at radius 3 is 2.70 bits per heavy atom. The van der Waals surface area contributed by atoms with Crippen molar-refractivity contribution < 1.29 is 4.39 Å². The second-order valence-electron chi connectivity index (χ2n) is 4.52. The minimum Gasteiger partial charge on any atom is -0.333 e. The van der Waals surface area contributed by atoms with Gasteiger partial charge in [0.2, 0.25) is 0 Å². The molecule has 0 bridgehead atoms. The number of nitrogens with one attached hydrogen (secondary N) is 1. The molecule has 1 aromatic heterocycles. The Balaban J connectivity index is 1.83. The molecule has 0 aliphatic heterocycles. The normalized spacial score (nSPS) is 12.8. The number of thioether (sulfide) groups is 1. The van der Waals surface area contributed by atoms with Crippen molar-refractivity contribution in [1.82, 2.24) is 9.97 Å². The van der Waals surface area contributed by atoms with Crippen LogP contribution >= 0.6 is 23.4 Å². The van der Waals surface area contributed by atoms with E-state index < -0.39 is 0 Å². The maximum absolute atomic E-state index is 12.9. The molecule has 0 fully saturated rings. The van der Waals surface area contributed by atoms with Crippen LogP contribution in [0.2, 0.25) is 5.02 Å². The second kappa shape index (κ2) is 5.46. The van der Waals surface area contributed by atoms with Gasteiger partial charge in [0.05, 0.1) is 11.0 Å². The summed E-state index contributed by atoms with van der Waals surface area (Å²) >= 11 is 7.56. The molecular weight excluding hydrogens is 295 g/mol. The third-order valence-electron chi connectivity index (χ3n) is 3.05. The summed E-state index contributed by atoms with van der Waals surface area (Å²) in [4.78, 5) is 7.75. The highest BCUT2D eigenvalue weighted by molar-refractivity contribution is 7.99. The molecule has 3 rings (SSSR count). The van der Waals surface area contributed by atoms with Gasteiger partial charge in [-0.2, -0.15) is 0 Å². The van der Waals surface area contributed by atoms with E-state index >= 15 is 0 Å². The largest absolute Gasteiger partial charge is 0.333 e. The van der Waals surface area contributed by atoms with Gasteiger partial charge in [-0.05, 0) is 42.8 Å². The number of H-pyrrole nitrogens is 1. The number of hydrogen-bond donors (Lipinski definition) is 1. The fourth-order valence-corrected chi connectivity index (χ4v) is 3.10. The quantitative estimate of drug-likeness (QED) is 0.673. The van der Waals surface area contributed by atoms with Gasteiger partial charge in [-0.15, -0.1) is 0 Å². The minimum absolute atomic E-state index is 0.187. The lowest BCUT2D eigenvalue weighted by Gasteiger charge is -2.09. The highest BCUT2D eigenvalue weighted by Crippen LogP contribution is 2.34. The Morgan fingerprint density at radius 2 is 1.95 bits per heavy atom. The van der Waals surface area contributed by atoms with Crippen LogP contribution in [0.25, 0.3) is 11.0 Å². The second-order valence-corrected chi connectivity index (χ2v) is 6.28. The van der Waals surface area contributed by atoms with Crippen LogP contribution < -0.4 is 0 Å². The molecule has 0 aliphatic rings. The Bertz CT molecular complexity index is 739. The molecule has 1 atom stereocenters. The van der Waals surface area contributed by atoms with E-state index in [1.54, 1.807) is 23.9 Å². The first-order valence-corrected chi connectivity index (χ1v) is 7.45. The van der Waals surface area contributed by atoms with Crippen LogP contribution in [-0.4, -0.2) is 9.97 Å².